The largest absolute Gasteiger partial charge is 0.489 e. The van der Waals surface area contributed by atoms with Gasteiger partial charge in [0.25, 0.3) is 0 Å². The van der Waals surface area contributed by atoms with Gasteiger partial charge < -0.3 is 14.7 Å². The van der Waals surface area contributed by atoms with E-state index in [0.717, 1.165) is 17.7 Å². The van der Waals surface area contributed by atoms with Crippen LogP contribution in [-0.4, -0.2) is 35.1 Å². The van der Waals surface area contributed by atoms with Crippen molar-refractivity contribution < 1.29 is 14.6 Å². The molecule has 4 nitrogen and oxygen atoms in total. The third-order valence-corrected chi connectivity index (χ3v) is 5.14. The molecule has 0 bridgehead atoms. The van der Waals surface area contributed by atoms with E-state index >= 15 is 0 Å². The minimum absolute atomic E-state index is 0.0846. The van der Waals surface area contributed by atoms with Crippen molar-refractivity contribution in [3.05, 3.63) is 65.7 Å². The summed E-state index contributed by atoms with van der Waals surface area (Å²) in [7, 11) is 0. The summed E-state index contributed by atoms with van der Waals surface area (Å²) in [5.74, 6) is 1.44. The molecule has 2 aromatic carbocycles. The van der Waals surface area contributed by atoms with Crippen LogP contribution in [0.2, 0.25) is 0 Å². The van der Waals surface area contributed by atoms with Crippen molar-refractivity contribution in [1.29, 1.82) is 0 Å². The van der Waals surface area contributed by atoms with Crippen LogP contribution in [0.4, 0.5) is 0 Å². The predicted octanol–water partition coefficient (Wildman–Crippen LogP) is 2.96. The van der Waals surface area contributed by atoms with Crippen LogP contribution in [0.1, 0.15) is 29.9 Å². The molecular weight excluding hydrogens is 314 g/mol. The number of hydrogen-bond acceptors (Lipinski definition) is 3. The average Bonchev–Trinajstić information content (AvgIpc) is 3.34. The summed E-state index contributed by atoms with van der Waals surface area (Å²) in [4.78, 5) is 14.3. The van der Waals surface area contributed by atoms with Gasteiger partial charge in [-0.1, -0.05) is 42.5 Å². The van der Waals surface area contributed by atoms with Crippen molar-refractivity contribution in [1.82, 2.24) is 4.90 Å². The Labute approximate surface area is 148 Å². The van der Waals surface area contributed by atoms with Crippen molar-refractivity contribution >= 4 is 5.91 Å². The van der Waals surface area contributed by atoms with E-state index in [4.69, 9.17) is 4.74 Å². The van der Waals surface area contributed by atoms with Crippen LogP contribution in [0, 0.1) is 5.92 Å². The Balaban J connectivity index is 1.31. The molecule has 1 saturated heterocycles. The molecule has 0 radical (unpaired) electrons. The van der Waals surface area contributed by atoms with Crippen molar-refractivity contribution in [2.45, 2.75) is 31.5 Å². The lowest BCUT2D eigenvalue weighted by Gasteiger charge is -2.15. The number of hydrogen-bond donors (Lipinski definition) is 1. The Kier molecular flexibility index (Phi) is 4.45. The fourth-order valence-electron chi connectivity index (χ4n) is 3.56. The van der Waals surface area contributed by atoms with E-state index in [-0.39, 0.29) is 17.9 Å². The monoisotopic (exact) mass is 337 g/mol. The van der Waals surface area contributed by atoms with Crippen LogP contribution in [0.25, 0.3) is 0 Å². The first-order chi connectivity index (χ1) is 12.2. The van der Waals surface area contributed by atoms with Gasteiger partial charge in [0, 0.05) is 19.0 Å². The van der Waals surface area contributed by atoms with E-state index in [1.807, 2.05) is 47.4 Å². The second-order valence-corrected chi connectivity index (χ2v) is 7.02. The maximum absolute atomic E-state index is 12.5. The number of aliphatic hydroxyl groups is 1. The van der Waals surface area contributed by atoms with E-state index in [2.05, 4.69) is 12.1 Å². The number of carbonyl (C=O) groups excluding carboxylic acids is 1. The molecule has 1 aliphatic carbocycles. The molecule has 1 aliphatic heterocycles. The van der Waals surface area contributed by atoms with Gasteiger partial charge in [0.2, 0.25) is 5.91 Å². The van der Waals surface area contributed by atoms with Gasteiger partial charge in [-0.3, -0.25) is 4.79 Å². The topological polar surface area (TPSA) is 49.8 Å². The van der Waals surface area contributed by atoms with E-state index in [1.54, 1.807) is 0 Å². The number of ether oxygens (including phenoxy) is 1. The summed E-state index contributed by atoms with van der Waals surface area (Å²) in [6.45, 7) is 1.74. The molecule has 1 N–H and O–H groups in total. The second-order valence-electron chi connectivity index (χ2n) is 7.02. The molecule has 0 aromatic heterocycles. The molecule has 1 amide bonds. The molecule has 4 rings (SSSR count). The lowest BCUT2D eigenvalue weighted by molar-refractivity contribution is -0.131. The molecule has 3 atom stereocenters. The third-order valence-electron chi connectivity index (χ3n) is 5.14. The summed E-state index contributed by atoms with van der Waals surface area (Å²) in [6, 6.07) is 18.2. The molecule has 130 valence electrons. The molecule has 2 aliphatic rings. The highest BCUT2D eigenvalue weighted by atomic mass is 16.5. The first-order valence-corrected chi connectivity index (χ1v) is 8.94. The van der Waals surface area contributed by atoms with E-state index in [9.17, 15) is 9.90 Å². The van der Waals surface area contributed by atoms with Crippen molar-refractivity contribution in [2.24, 2.45) is 5.92 Å². The highest BCUT2D eigenvalue weighted by Gasteiger charge is 2.46. The quantitative estimate of drug-likeness (QED) is 0.912. The molecular formula is C21H23NO3. The van der Waals surface area contributed by atoms with Crippen LogP contribution in [0.5, 0.6) is 5.75 Å². The summed E-state index contributed by atoms with van der Waals surface area (Å²) >= 11 is 0. The van der Waals surface area contributed by atoms with Crippen molar-refractivity contribution in [3.8, 4) is 5.75 Å². The summed E-state index contributed by atoms with van der Waals surface area (Å²) in [6.07, 6.45) is 1.27. The molecule has 4 heteroatoms. The molecule has 0 spiro atoms. The van der Waals surface area contributed by atoms with Crippen LogP contribution in [0.15, 0.2) is 54.6 Å². The first kappa shape index (κ1) is 16.2. The Morgan fingerprint density at radius 2 is 1.88 bits per heavy atom. The van der Waals surface area contributed by atoms with Gasteiger partial charge in [0.15, 0.2) is 0 Å². The van der Waals surface area contributed by atoms with Crippen LogP contribution in [-0.2, 0) is 11.4 Å². The zero-order chi connectivity index (χ0) is 17.2. The van der Waals surface area contributed by atoms with E-state index in [0.29, 0.717) is 32.0 Å². The fraction of sp³-hybridized carbons (Fsp3) is 0.381. The Morgan fingerprint density at radius 1 is 1.12 bits per heavy atom. The summed E-state index contributed by atoms with van der Waals surface area (Å²) < 4.78 is 5.81. The van der Waals surface area contributed by atoms with E-state index in [1.165, 1.54) is 5.56 Å². The number of rotatable bonds is 5. The number of β-amino-alcohol motifs (C(OH)–C–C–N with tert-alkyl or cyclic N) is 1. The van der Waals surface area contributed by atoms with Gasteiger partial charge in [0.05, 0.1) is 6.10 Å². The van der Waals surface area contributed by atoms with Gasteiger partial charge in [0.1, 0.15) is 12.4 Å². The SMILES string of the molecule is O=C([C@@H]1C[C@@H]1c1ccc(OCc2ccccc2)cc1)N1CC[C@H](O)C1. The van der Waals surface area contributed by atoms with E-state index < -0.39 is 0 Å². The van der Waals surface area contributed by atoms with Crippen LogP contribution < -0.4 is 4.74 Å². The molecule has 2 fully saturated rings. The highest BCUT2D eigenvalue weighted by molar-refractivity contribution is 5.83. The van der Waals surface area contributed by atoms with Gasteiger partial charge in [-0.05, 0) is 42.0 Å². The van der Waals surface area contributed by atoms with Crippen molar-refractivity contribution in [2.75, 3.05) is 13.1 Å². The fourth-order valence-corrected chi connectivity index (χ4v) is 3.56. The molecule has 1 saturated carbocycles. The number of amides is 1. The van der Waals surface area contributed by atoms with Gasteiger partial charge in [-0.2, -0.15) is 0 Å². The Morgan fingerprint density at radius 3 is 2.56 bits per heavy atom. The zero-order valence-corrected chi connectivity index (χ0v) is 14.2. The number of aliphatic hydroxyl groups excluding tert-OH is 1. The zero-order valence-electron chi connectivity index (χ0n) is 14.2. The number of likely N-dealkylation sites (tertiary alicyclic amines) is 1. The maximum atomic E-state index is 12.5. The standard InChI is InChI=1S/C21H23NO3/c23-17-10-11-22(13-17)21(24)20-12-19(20)16-6-8-18(9-7-16)25-14-15-4-2-1-3-5-15/h1-9,17,19-20,23H,10-14H2/t17-,19+,20+/m0/s1. The minimum atomic E-state index is -0.345. The molecule has 25 heavy (non-hydrogen) atoms. The molecule has 2 aromatic rings. The molecule has 0 unspecified atom stereocenters. The predicted molar refractivity (Wildman–Crippen MR) is 95.3 cm³/mol. The highest BCUT2D eigenvalue weighted by Crippen LogP contribution is 2.49. The Hall–Kier alpha value is -2.33. The van der Waals surface area contributed by atoms with Gasteiger partial charge >= 0.3 is 0 Å². The third kappa shape index (κ3) is 3.69. The lowest BCUT2D eigenvalue weighted by atomic mass is 10.1. The summed E-state index contributed by atoms with van der Waals surface area (Å²) in [5, 5.41) is 9.59. The molecule has 1 heterocycles. The maximum Gasteiger partial charge on any atom is 0.226 e. The Bertz CT molecular complexity index is 729. The van der Waals surface area contributed by atoms with Crippen LogP contribution in [0.3, 0.4) is 0 Å². The van der Waals surface area contributed by atoms with Crippen molar-refractivity contribution in [3.63, 3.8) is 0 Å². The lowest BCUT2D eigenvalue weighted by Crippen LogP contribution is -2.31. The number of carbonyl (C=O) groups is 1. The smallest absolute Gasteiger partial charge is 0.226 e. The second kappa shape index (κ2) is 6.89. The van der Waals surface area contributed by atoms with Crippen LogP contribution >= 0.6 is 0 Å². The number of benzene rings is 2. The average molecular weight is 337 g/mol. The first-order valence-electron chi connectivity index (χ1n) is 8.94. The minimum Gasteiger partial charge on any atom is -0.489 e. The number of nitrogens with zero attached hydrogens (tertiary/aromatic N) is 1. The van der Waals surface area contributed by atoms with Gasteiger partial charge in [-0.15, -0.1) is 0 Å². The van der Waals surface area contributed by atoms with Gasteiger partial charge in [-0.25, -0.2) is 0 Å². The normalized spacial score (nSPS) is 25.0. The summed E-state index contributed by atoms with van der Waals surface area (Å²) in [5.41, 5.74) is 2.34.